The second-order valence-corrected chi connectivity index (χ2v) is 15.7. The monoisotopic (exact) mass is 501 g/mol. The summed E-state index contributed by atoms with van der Waals surface area (Å²) < 4.78 is 19.7. The summed E-state index contributed by atoms with van der Waals surface area (Å²) >= 11 is 1.63. The number of benzene rings is 2. The molecule has 2 aromatic carbocycles. The molecule has 4 nitrogen and oxygen atoms in total. The van der Waals surface area contributed by atoms with E-state index in [1.165, 1.54) is 10.4 Å². The summed E-state index contributed by atoms with van der Waals surface area (Å²) in [4.78, 5) is 0. The first-order chi connectivity index (χ1) is 15.6. The lowest BCUT2D eigenvalue weighted by Crippen LogP contribution is -2.68. The van der Waals surface area contributed by atoms with Gasteiger partial charge in [0.05, 0.1) is 12.7 Å². The molecular formula is C25H37BNO3PSSi. The second kappa shape index (κ2) is 11.4. The molecule has 1 fully saturated rings. The minimum Gasteiger partial charge on any atom is -0.405 e. The predicted octanol–water partition coefficient (Wildman–Crippen LogP) is 3.33. The van der Waals surface area contributed by atoms with Gasteiger partial charge >= 0.3 is 0 Å². The van der Waals surface area contributed by atoms with Crippen molar-refractivity contribution in [1.82, 2.24) is 0 Å². The molecule has 1 saturated heterocycles. The molecule has 7 unspecified atom stereocenters. The van der Waals surface area contributed by atoms with Gasteiger partial charge in [-0.2, -0.15) is 0 Å². The predicted molar refractivity (Wildman–Crippen MR) is 147 cm³/mol. The number of rotatable bonds is 8. The van der Waals surface area contributed by atoms with Gasteiger partial charge in [-0.1, -0.05) is 88.4 Å². The van der Waals surface area contributed by atoms with Crippen LogP contribution in [0.15, 0.2) is 60.7 Å². The molecular weight excluding hydrogens is 464 g/mol. The lowest BCUT2D eigenvalue weighted by molar-refractivity contribution is -0.155. The Labute approximate surface area is 208 Å². The maximum Gasteiger partial charge on any atom is 0.261 e. The highest BCUT2D eigenvalue weighted by Gasteiger charge is 2.52. The molecule has 2 aromatic rings. The van der Waals surface area contributed by atoms with Crippen LogP contribution >= 0.6 is 21.0 Å². The molecule has 2 radical (unpaired) electrons. The van der Waals surface area contributed by atoms with Crippen molar-refractivity contribution in [2.75, 3.05) is 12.9 Å². The molecule has 3 rings (SSSR count). The van der Waals surface area contributed by atoms with Crippen molar-refractivity contribution < 1.29 is 13.9 Å². The molecule has 7 atom stereocenters. The third kappa shape index (κ3) is 5.78. The highest BCUT2D eigenvalue weighted by atomic mass is 32.2. The molecule has 1 aliphatic heterocycles. The van der Waals surface area contributed by atoms with Gasteiger partial charge in [0, 0.05) is 17.7 Å². The van der Waals surface area contributed by atoms with Crippen molar-refractivity contribution in [3.63, 3.8) is 0 Å². The molecule has 178 valence electrons. The third-order valence-corrected chi connectivity index (χ3v) is 12.6. The Kier molecular flexibility index (Phi) is 9.29. The van der Waals surface area contributed by atoms with Crippen molar-refractivity contribution in [2.45, 2.75) is 62.2 Å². The van der Waals surface area contributed by atoms with Crippen molar-refractivity contribution in [3.05, 3.63) is 60.7 Å². The number of nitrogens with two attached hydrogens (primary N) is 1. The molecule has 0 amide bonds. The Hall–Kier alpha value is -0.658. The Morgan fingerprint density at radius 1 is 1.09 bits per heavy atom. The number of hydrogen-bond donors (Lipinski definition) is 1. The number of hydrogen-bond acceptors (Lipinski definition) is 5. The van der Waals surface area contributed by atoms with Gasteiger partial charge < -0.3 is 19.6 Å². The number of thioether (sulfide) groups is 1. The van der Waals surface area contributed by atoms with Crippen molar-refractivity contribution >= 4 is 47.5 Å². The van der Waals surface area contributed by atoms with E-state index in [4.69, 9.17) is 27.5 Å². The third-order valence-electron chi connectivity index (χ3n) is 6.54. The van der Waals surface area contributed by atoms with E-state index in [9.17, 15) is 0 Å². The van der Waals surface area contributed by atoms with Crippen LogP contribution in [0.5, 0.6) is 0 Å². The minimum atomic E-state index is -2.68. The van der Waals surface area contributed by atoms with E-state index in [1.807, 2.05) is 6.26 Å². The van der Waals surface area contributed by atoms with Crippen LogP contribution in [-0.4, -0.2) is 58.5 Å². The summed E-state index contributed by atoms with van der Waals surface area (Å²) in [5.74, 6) is -0.412. The van der Waals surface area contributed by atoms with Crippen LogP contribution in [0.3, 0.4) is 0 Å². The van der Waals surface area contributed by atoms with Crippen LogP contribution in [0.4, 0.5) is 0 Å². The van der Waals surface area contributed by atoms with E-state index < -0.39 is 14.1 Å². The Bertz CT molecular complexity index is 831. The van der Waals surface area contributed by atoms with E-state index in [-0.39, 0.29) is 34.6 Å². The van der Waals surface area contributed by atoms with Gasteiger partial charge in [0.2, 0.25) is 0 Å². The Balaban J connectivity index is 2.02. The molecule has 2 N–H and O–H groups in total. The van der Waals surface area contributed by atoms with E-state index in [0.717, 1.165) is 0 Å². The maximum absolute atomic E-state index is 7.13. The van der Waals surface area contributed by atoms with Crippen LogP contribution in [0.2, 0.25) is 5.04 Å². The average Bonchev–Trinajstić information content (AvgIpc) is 2.79. The van der Waals surface area contributed by atoms with Gasteiger partial charge in [-0.05, 0) is 21.7 Å². The fourth-order valence-corrected chi connectivity index (χ4v) is 10.4. The molecule has 1 aliphatic rings. The largest absolute Gasteiger partial charge is 0.405 e. The molecule has 0 bridgehead atoms. The minimum absolute atomic E-state index is 0.0792. The van der Waals surface area contributed by atoms with E-state index >= 15 is 0 Å². The Morgan fingerprint density at radius 2 is 1.61 bits per heavy atom. The first-order valence-corrected chi connectivity index (χ1v) is 15.3. The van der Waals surface area contributed by atoms with Gasteiger partial charge in [-0.15, -0.1) is 21.0 Å². The summed E-state index contributed by atoms with van der Waals surface area (Å²) in [6.07, 6.45) is 1.50. The topological polar surface area (TPSA) is 53.7 Å². The van der Waals surface area contributed by atoms with E-state index in [1.54, 1.807) is 11.8 Å². The van der Waals surface area contributed by atoms with Crippen LogP contribution in [0.1, 0.15) is 27.7 Å². The molecule has 8 heteroatoms. The van der Waals surface area contributed by atoms with Gasteiger partial charge in [-0.25, -0.2) is 0 Å². The quantitative estimate of drug-likeness (QED) is 0.445. The van der Waals surface area contributed by atoms with Crippen molar-refractivity contribution in [3.8, 4) is 0 Å². The summed E-state index contributed by atoms with van der Waals surface area (Å²) in [5, 5.41) is 2.37. The number of ether oxygens (including phenoxy) is 2. The first kappa shape index (κ1) is 26.9. The molecule has 0 aliphatic carbocycles. The van der Waals surface area contributed by atoms with Crippen LogP contribution in [0, 0.1) is 5.92 Å². The molecule has 0 aromatic heterocycles. The van der Waals surface area contributed by atoms with Gasteiger partial charge in [-0.3, -0.25) is 0 Å². The van der Waals surface area contributed by atoms with Crippen LogP contribution in [0.25, 0.3) is 0 Å². The molecule has 0 spiro atoms. The van der Waals surface area contributed by atoms with Crippen molar-refractivity contribution in [1.29, 1.82) is 0 Å². The van der Waals surface area contributed by atoms with Gasteiger partial charge in [0.15, 0.2) is 0 Å². The smallest absolute Gasteiger partial charge is 0.261 e. The van der Waals surface area contributed by atoms with Crippen molar-refractivity contribution in [2.24, 2.45) is 11.7 Å². The maximum atomic E-state index is 7.13. The fourth-order valence-electron chi connectivity index (χ4n) is 4.85. The molecule has 33 heavy (non-hydrogen) atoms. The summed E-state index contributed by atoms with van der Waals surface area (Å²) in [5.41, 5.74) is 6.37. The molecule has 1 heterocycles. The zero-order valence-corrected chi connectivity index (χ0v) is 23.3. The first-order valence-electron chi connectivity index (χ1n) is 11.5. The van der Waals surface area contributed by atoms with Gasteiger partial charge in [0.1, 0.15) is 19.4 Å². The molecule has 0 saturated carbocycles. The highest BCUT2D eigenvalue weighted by molar-refractivity contribution is 7.99. The lowest BCUT2D eigenvalue weighted by atomic mass is 9.90. The second-order valence-electron chi connectivity index (χ2n) is 9.75. The van der Waals surface area contributed by atoms with Crippen LogP contribution in [-0.2, 0) is 13.9 Å². The van der Waals surface area contributed by atoms with E-state index in [0.29, 0.717) is 6.61 Å². The summed E-state index contributed by atoms with van der Waals surface area (Å²) in [7, 11) is 5.82. The average molecular weight is 502 g/mol. The zero-order valence-electron chi connectivity index (χ0n) is 20.3. The normalized spacial score (nSPS) is 27.3. The standard InChI is InChI=1S/C25H37BNO3PSSi/c1-17-21(27)23(32-5)29-20(22(17)30-24(26)31)16-28-33(25(2,3)4,18-12-8-6-9-13-18)19-14-10-7-11-15-19/h6-15,17,20-24H,16,27,31H2,1-5H3. The van der Waals surface area contributed by atoms with E-state index in [2.05, 4.69) is 97.6 Å². The highest BCUT2D eigenvalue weighted by Crippen LogP contribution is 2.38. The van der Waals surface area contributed by atoms with Crippen LogP contribution < -0.4 is 16.1 Å². The van der Waals surface area contributed by atoms with Gasteiger partial charge in [0.25, 0.3) is 8.32 Å². The zero-order chi connectivity index (χ0) is 24.2. The fraction of sp³-hybridized carbons (Fsp3) is 0.520. The Morgan fingerprint density at radius 3 is 2.03 bits per heavy atom. The lowest BCUT2D eigenvalue weighted by Gasteiger charge is -2.47. The summed E-state index contributed by atoms with van der Waals surface area (Å²) in [6.45, 7) is 9.34. The SMILES string of the molecule is [B]C(P)OC1C(CO[Si](c2ccccc2)(c2ccccc2)C(C)(C)C)OC(SC)C(N)C1C. The summed E-state index contributed by atoms with van der Waals surface area (Å²) in [6, 6.07) is 21.1.